The lowest BCUT2D eigenvalue weighted by molar-refractivity contribution is -0.107. The average Bonchev–Trinajstić information content (AvgIpc) is 2.26. The highest BCUT2D eigenvalue weighted by atomic mass is 32.2. The Kier molecular flexibility index (Phi) is 4.40. The molecule has 0 aliphatic heterocycles. The van der Waals surface area contributed by atoms with Crippen molar-refractivity contribution in [2.75, 3.05) is 5.75 Å². The summed E-state index contributed by atoms with van der Waals surface area (Å²) >= 11 is 1.09. The highest BCUT2D eigenvalue weighted by Gasteiger charge is 2.15. The molecule has 0 unspecified atom stereocenters. The molecule has 0 aromatic heterocycles. The third-order valence-electron chi connectivity index (χ3n) is 1.66. The molecule has 1 rings (SSSR count). The SMILES string of the molecule is CCCSC(=O)C(=O)c1ccccc1. The van der Waals surface area contributed by atoms with Crippen molar-refractivity contribution >= 4 is 22.7 Å². The van der Waals surface area contributed by atoms with Crippen LogP contribution in [0.25, 0.3) is 0 Å². The van der Waals surface area contributed by atoms with Crippen molar-refractivity contribution < 1.29 is 9.59 Å². The second-order valence-electron chi connectivity index (χ2n) is 2.83. The van der Waals surface area contributed by atoms with Crippen LogP contribution in [0.5, 0.6) is 0 Å². The predicted molar refractivity (Wildman–Crippen MR) is 58.5 cm³/mol. The lowest BCUT2D eigenvalue weighted by Gasteiger charge is -1.98. The molecular weight excluding hydrogens is 196 g/mol. The van der Waals surface area contributed by atoms with Gasteiger partial charge in [0, 0.05) is 11.3 Å². The molecule has 1 aromatic rings. The van der Waals surface area contributed by atoms with Crippen molar-refractivity contribution in [1.29, 1.82) is 0 Å². The molecule has 3 heteroatoms. The number of thioether (sulfide) groups is 1. The Morgan fingerprint density at radius 3 is 2.43 bits per heavy atom. The Labute approximate surface area is 87.7 Å². The topological polar surface area (TPSA) is 34.1 Å². The van der Waals surface area contributed by atoms with E-state index in [1.807, 2.05) is 13.0 Å². The first kappa shape index (κ1) is 11.0. The van der Waals surface area contributed by atoms with Crippen LogP contribution in [0.2, 0.25) is 0 Å². The highest BCUT2D eigenvalue weighted by Crippen LogP contribution is 2.09. The fraction of sp³-hybridized carbons (Fsp3) is 0.273. The maximum absolute atomic E-state index is 11.5. The van der Waals surface area contributed by atoms with E-state index < -0.39 is 5.78 Å². The molecule has 74 valence electrons. The minimum atomic E-state index is -0.399. The van der Waals surface area contributed by atoms with Crippen LogP contribution in [0.1, 0.15) is 23.7 Å². The van der Waals surface area contributed by atoms with E-state index in [1.165, 1.54) is 0 Å². The lowest BCUT2D eigenvalue weighted by Crippen LogP contribution is -2.10. The predicted octanol–water partition coefficient (Wildman–Crippen LogP) is 2.54. The second-order valence-corrected chi connectivity index (χ2v) is 3.90. The molecule has 2 nitrogen and oxygen atoms in total. The molecule has 0 heterocycles. The van der Waals surface area contributed by atoms with E-state index in [9.17, 15) is 9.59 Å². The molecular formula is C11H12O2S. The Bertz CT molecular complexity index is 319. The van der Waals surface area contributed by atoms with Gasteiger partial charge in [0.1, 0.15) is 0 Å². The molecule has 0 saturated heterocycles. The molecule has 14 heavy (non-hydrogen) atoms. The summed E-state index contributed by atoms with van der Waals surface area (Å²) in [5.41, 5.74) is 0.473. The molecule has 0 fully saturated rings. The average molecular weight is 208 g/mol. The Morgan fingerprint density at radius 1 is 1.21 bits per heavy atom. The van der Waals surface area contributed by atoms with Gasteiger partial charge in [-0.2, -0.15) is 0 Å². The molecule has 0 radical (unpaired) electrons. The van der Waals surface area contributed by atoms with Gasteiger partial charge < -0.3 is 0 Å². The summed E-state index contributed by atoms with van der Waals surface area (Å²) in [6.45, 7) is 1.98. The molecule has 1 aromatic carbocycles. The number of benzene rings is 1. The van der Waals surface area contributed by atoms with Crippen molar-refractivity contribution in [3.05, 3.63) is 35.9 Å². The molecule has 0 amide bonds. The van der Waals surface area contributed by atoms with Crippen molar-refractivity contribution in [2.24, 2.45) is 0 Å². The molecule has 0 spiro atoms. The van der Waals surface area contributed by atoms with Crippen LogP contribution < -0.4 is 0 Å². The van der Waals surface area contributed by atoms with Crippen LogP contribution in [0.3, 0.4) is 0 Å². The monoisotopic (exact) mass is 208 g/mol. The van der Waals surface area contributed by atoms with E-state index in [0.29, 0.717) is 11.3 Å². The Balaban J connectivity index is 2.62. The van der Waals surface area contributed by atoms with Crippen LogP contribution in [0.4, 0.5) is 0 Å². The zero-order valence-corrected chi connectivity index (χ0v) is 8.84. The molecule has 0 N–H and O–H groups in total. The van der Waals surface area contributed by atoms with Gasteiger partial charge in [-0.25, -0.2) is 0 Å². The van der Waals surface area contributed by atoms with Crippen LogP contribution in [-0.2, 0) is 4.79 Å². The van der Waals surface area contributed by atoms with Gasteiger partial charge in [-0.1, -0.05) is 49.0 Å². The maximum Gasteiger partial charge on any atom is 0.259 e. The van der Waals surface area contributed by atoms with Crippen LogP contribution >= 0.6 is 11.8 Å². The second kappa shape index (κ2) is 5.60. The van der Waals surface area contributed by atoms with Crippen LogP contribution in [-0.4, -0.2) is 16.7 Å². The zero-order valence-electron chi connectivity index (χ0n) is 8.03. The molecule has 0 aliphatic carbocycles. The van der Waals surface area contributed by atoms with Gasteiger partial charge in [0.25, 0.3) is 5.12 Å². The summed E-state index contributed by atoms with van der Waals surface area (Å²) in [4.78, 5) is 22.8. The van der Waals surface area contributed by atoms with E-state index >= 15 is 0 Å². The van der Waals surface area contributed by atoms with Crippen LogP contribution in [0.15, 0.2) is 30.3 Å². The first-order valence-corrected chi connectivity index (χ1v) is 5.50. The standard InChI is InChI=1S/C11H12O2S/c1-2-8-14-11(13)10(12)9-6-4-3-5-7-9/h3-7H,2,8H2,1H3. The molecule has 0 atom stereocenters. The third-order valence-corrected chi connectivity index (χ3v) is 2.72. The van der Waals surface area contributed by atoms with Crippen molar-refractivity contribution in [3.8, 4) is 0 Å². The number of hydrogen-bond acceptors (Lipinski definition) is 3. The Morgan fingerprint density at radius 2 is 1.86 bits per heavy atom. The molecule has 0 aliphatic rings. The largest absolute Gasteiger partial charge is 0.284 e. The van der Waals surface area contributed by atoms with E-state index in [0.717, 1.165) is 18.2 Å². The highest BCUT2D eigenvalue weighted by molar-refractivity contribution is 8.15. The van der Waals surface area contributed by atoms with E-state index in [2.05, 4.69) is 0 Å². The smallest absolute Gasteiger partial charge is 0.259 e. The van der Waals surface area contributed by atoms with Gasteiger partial charge in [-0.15, -0.1) is 0 Å². The Hall–Kier alpha value is -1.09. The van der Waals surface area contributed by atoms with Gasteiger partial charge in [0.05, 0.1) is 0 Å². The van der Waals surface area contributed by atoms with E-state index in [4.69, 9.17) is 0 Å². The fourth-order valence-electron chi connectivity index (χ4n) is 0.968. The van der Waals surface area contributed by atoms with Gasteiger partial charge in [-0.05, 0) is 6.42 Å². The summed E-state index contributed by atoms with van der Waals surface area (Å²) in [5, 5.41) is -0.363. The lowest BCUT2D eigenvalue weighted by atomic mass is 10.1. The molecule has 0 saturated carbocycles. The first-order chi connectivity index (χ1) is 6.75. The zero-order chi connectivity index (χ0) is 10.4. The van der Waals surface area contributed by atoms with Gasteiger partial charge in [-0.3, -0.25) is 9.59 Å². The van der Waals surface area contributed by atoms with Gasteiger partial charge >= 0.3 is 0 Å². The van der Waals surface area contributed by atoms with E-state index in [-0.39, 0.29) is 5.12 Å². The number of Topliss-reactive ketones (excluding diaryl/α,β-unsaturated/α-hetero) is 1. The maximum atomic E-state index is 11.5. The normalized spacial score (nSPS) is 9.79. The summed E-state index contributed by atoms with van der Waals surface area (Å²) in [6, 6.07) is 8.65. The number of rotatable bonds is 4. The van der Waals surface area contributed by atoms with Crippen molar-refractivity contribution in [1.82, 2.24) is 0 Å². The minimum absolute atomic E-state index is 0.363. The van der Waals surface area contributed by atoms with Gasteiger partial charge in [0.15, 0.2) is 0 Å². The number of carbonyl (C=O) groups is 2. The van der Waals surface area contributed by atoms with Crippen LogP contribution in [0, 0.1) is 0 Å². The number of hydrogen-bond donors (Lipinski definition) is 0. The minimum Gasteiger partial charge on any atom is -0.284 e. The van der Waals surface area contributed by atoms with E-state index in [1.54, 1.807) is 24.3 Å². The quantitative estimate of drug-likeness (QED) is 0.563. The summed E-state index contributed by atoms with van der Waals surface area (Å²) < 4.78 is 0. The molecule has 0 bridgehead atoms. The summed E-state index contributed by atoms with van der Waals surface area (Å²) in [7, 11) is 0. The van der Waals surface area contributed by atoms with Crippen molar-refractivity contribution in [3.63, 3.8) is 0 Å². The van der Waals surface area contributed by atoms with Crippen molar-refractivity contribution in [2.45, 2.75) is 13.3 Å². The van der Waals surface area contributed by atoms with Gasteiger partial charge in [0.2, 0.25) is 5.78 Å². The fourth-order valence-corrected chi connectivity index (χ4v) is 1.61. The third kappa shape index (κ3) is 3.00. The first-order valence-electron chi connectivity index (χ1n) is 4.52. The summed E-state index contributed by atoms with van der Waals surface area (Å²) in [5.74, 6) is 0.307. The number of ketones is 1. The number of carbonyl (C=O) groups excluding carboxylic acids is 2. The summed E-state index contributed by atoms with van der Waals surface area (Å²) in [6.07, 6.45) is 0.901.